The van der Waals surface area contributed by atoms with Gasteiger partial charge in [-0.2, -0.15) is 9.78 Å². The molecule has 0 fully saturated rings. The molecule has 0 atom stereocenters. The largest absolute Gasteiger partial charge is 0.508 e. The Morgan fingerprint density at radius 1 is 1.57 bits per heavy atom. The molecular weight excluding hydrogens is 280 g/mol. The average Bonchev–Trinajstić information content (AvgIpc) is 2.87. The summed E-state index contributed by atoms with van der Waals surface area (Å²) in [5, 5.41) is 26.8. The van der Waals surface area contributed by atoms with Crippen LogP contribution in [0.1, 0.15) is 5.56 Å². The molecule has 2 aromatic rings. The van der Waals surface area contributed by atoms with Crippen molar-refractivity contribution in [2.24, 2.45) is 5.10 Å². The second-order valence-corrected chi connectivity index (χ2v) is 3.89. The van der Waals surface area contributed by atoms with Gasteiger partial charge in [-0.3, -0.25) is 4.79 Å². The molecule has 2 N–H and O–H groups in total. The van der Waals surface area contributed by atoms with Gasteiger partial charge in [0.05, 0.1) is 6.21 Å². The first-order valence-corrected chi connectivity index (χ1v) is 5.69. The zero-order chi connectivity index (χ0) is 15.2. The molecule has 0 aliphatic rings. The molecule has 0 aliphatic carbocycles. The average molecular weight is 290 g/mol. The Morgan fingerprint density at radius 3 is 3.05 bits per heavy atom. The number of rotatable bonds is 5. The molecule has 0 bridgehead atoms. The molecule has 0 unspecified atom stereocenters. The number of nitrogens with one attached hydrogen (secondary N) is 1. The summed E-state index contributed by atoms with van der Waals surface area (Å²) < 4.78 is 1.03. The second-order valence-electron chi connectivity index (χ2n) is 3.89. The summed E-state index contributed by atoms with van der Waals surface area (Å²) in [6, 6.07) is 6.30. The van der Waals surface area contributed by atoms with Gasteiger partial charge in [-0.25, -0.2) is 5.43 Å². The van der Waals surface area contributed by atoms with Gasteiger partial charge >= 0.3 is 5.95 Å². The molecule has 108 valence electrons. The third-order valence-electron chi connectivity index (χ3n) is 2.27. The number of carbonyl (C=O) groups excluding carboxylic acids is 1. The molecule has 2 rings (SSSR count). The van der Waals surface area contributed by atoms with Crippen LogP contribution < -0.4 is 5.43 Å². The third kappa shape index (κ3) is 4.09. The molecule has 1 amide bonds. The molecule has 0 spiro atoms. The molecule has 21 heavy (non-hydrogen) atoms. The SMILES string of the molecule is O=C(Cn1cnc([N+](=O)[O-])n1)N/N=C\c1cccc(O)c1. The number of aromatic hydroxyl groups is 1. The fraction of sp³-hybridized carbons (Fsp3) is 0.0909. The van der Waals surface area contributed by atoms with Gasteiger partial charge in [0.1, 0.15) is 12.3 Å². The molecule has 10 heteroatoms. The van der Waals surface area contributed by atoms with Gasteiger partial charge < -0.3 is 15.2 Å². The third-order valence-corrected chi connectivity index (χ3v) is 2.27. The van der Waals surface area contributed by atoms with Crippen molar-refractivity contribution in [1.82, 2.24) is 20.2 Å². The number of carbonyl (C=O) groups is 1. The fourth-order valence-electron chi connectivity index (χ4n) is 1.41. The maximum absolute atomic E-state index is 11.5. The fourth-order valence-corrected chi connectivity index (χ4v) is 1.41. The summed E-state index contributed by atoms with van der Waals surface area (Å²) in [4.78, 5) is 24.6. The predicted molar refractivity (Wildman–Crippen MR) is 70.5 cm³/mol. The summed E-state index contributed by atoms with van der Waals surface area (Å²) in [7, 11) is 0. The normalized spacial score (nSPS) is 10.7. The highest BCUT2D eigenvalue weighted by Crippen LogP contribution is 2.08. The lowest BCUT2D eigenvalue weighted by atomic mass is 10.2. The summed E-state index contributed by atoms with van der Waals surface area (Å²) in [5.74, 6) is -1.02. The van der Waals surface area contributed by atoms with E-state index in [1.807, 2.05) is 0 Å². The first-order chi connectivity index (χ1) is 10.0. The van der Waals surface area contributed by atoms with E-state index in [0.717, 1.165) is 11.0 Å². The first kappa shape index (κ1) is 14.1. The van der Waals surface area contributed by atoms with E-state index in [-0.39, 0.29) is 12.3 Å². The Balaban J connectivity index is 1.88. The molecule has 0 aliphatic heterocycles. The van der Waals surface area contributed by atoms with E-state index in [1.54, 1.807) is 12.1 Å². The molecular formula is C11H10N6O4. The maximum Gasteiger partial charge on any atom is 0.490 e. The Hall–Kier alpha value is -3.30. The zero-order valence-electron chi connectivity index (χ0n) is 10.6. The van der Waals surface area contributed by atoms with E-state index in [9.17, 15) is 20.0 Å². The van der Waals surface area contributed by atoms with Crippen LogP contribution >= 0.6 is 0 Å². The number of phenolic OH excluding ortho intramolecular Hbond substituents is 1. The molecule has 0 saturated heterocycles. The number of amides is 1. The Morgan fingerprint density at radius 2 is 2.38 bits per heavy atom. The minimum atomic E-state index is -0.756. The molecule has 1 aromatic carbocycles. The number of hydrogen-bond donors (Lipinski definition) is 2. The number of benzene rings is 1. The number of nitro groups is 1. The van der Waals surface area contributed by atoms with Gasteiger partial charge in [-0.1, -0.05) is 17.1 Å². The van der Waals surface area contributed by atoms with Crippen LogP contribution in [0.4, 0.5) is 5.95 Å². The molecule has 0 radical (unpaired) electrons. The van der Waals surface area contributed by atoms with Crippen molar-refractivity contribution in [2.75, 3.05) is 0 Å². The van der Waals surface area contributed by atoms with Gasteiger partial charge in [-0.15, -0.1) is 0 Å². The zero-order valence-corrected chi connectivity index (χ0v) is 10.6. The van der Waals surface area contributed by atoms with E-state index < -0.39 is 16.8 Å². The minimum absolute atomic E-state index is 0.0835. The van der Waals surface area contributed by atoms with Crippen LogP contribution in [0.3, 0.4) is 0 Å². The van der Waals surface area contributed by atoms with E-state index in [4.69, 9.17) is 0 Å². The molecule has 1 heterocycles. The highest BCUT2D eigenvalue weighted by molar-refractivity contribution is 5.82. The van der Waals surface area contributed by atoms with Gasteiger partial charge in [0, 0.05) is 5.10 Å². The van der Waals surface area contributed by atoms with Gasteiger partial charge in [0.15, 0.2) is 0 Å². The summed E-state index contributed by atoms with van der Waals surface area (Å²) in [6.45, 7) is -0.252. The Bertz CT molecular complexity index is 696. The lowest BCUT2D eigenvalue weighted by Crippen LogP contribution is -2.23. The van der Waals surface area contributed by atoms with Crippen LogP contribution in [0, 0.1) is 10.1 Å². The van der Waals surface area contributed by atoms with Crippen LogP contribution in [0.25, 0.3) is 0 Å². The van der Waals surface area contributed by atoms with E-state index >= 15 is 0 Å². The number of hydrazone groups is 1. The van der Waals surface area contributed by atoms with Crippen LogP contribution in [-0.2, 0) is 11.3 Å². The highest BCUT2D eigenvalue weighted by Gasteiger charge is 2.14. The molecule has 10 nitrogen and oxygen atoms in total. The van der Waals surface area contributed by atoms with Crippen molar-refractivity contribution >= 4 is 18.1 Å². The Kier molecular flexibility index (Phi) is 4.19. The molecule has 0 saturated carbocycles. The van der Waals surface area contributed by atoms with Crippen LogP contribution in [-0.4, -0.2) is 36.9 Å². The number of hydrogen-bond acceptors (Lipinski definition) is 7. The molecule has 1 aromatic heterocycles. The standard InChI is InChI=1S/C11H10N6O4/c18-9-3-1-2-8(4-9)5-13-14-10(19)6-16-7-12-11(15-16)17(20)21/h1-5,7,18H,6H2,(H,14,19)/b13-5-. The van der Waals surface area contributed by atoms with Crippen LogP contribution in [0.2, 0.25) is 0 Å². The predicted octanol–water partition coefficient (Wildman–Crippen LogP) is 0.0422. The first-order valence-electron chi connectivity index (χ1n) is 5.69. The van der Waals surface area contributed by atoms with Crippen molar-refractivity contribution in [3.63, 3.8) is 0 Å². The van der Waals surface area contributed by atoms with Crippen LogP contribution in [0.5, 0.6) is 5.75 Å². The van der Waals surface area contributed by atoms with Gasteiger partial charge in [-0.05, 0) is 22.6 Å². The quantitative estimate of drug-likeness (QED) is 0.453. The highest BCUT2D eigenvalue weighted by atomic mass is 16.6. The smallest absolute Gasteiger partial charge is 0.490 e. The van der Waals surface area contributed by atoms with Crippen LogP contribution in [0.15, 0.2) is 35.7 Å². The number of nitrogens with zero attached hydrogens (tertiary/aromatic N) is 5. The topological polar surface area (TPSA) is 136 Å². The van der Waals surface area contributed by atoms with Crippen molar-refractivity contribution in [3.05, 3.63) is 46.3 Å². The summed E-state index contributed by atoms with van der Waals surface area (Å²) >= 11 is 0. The number of aromatic nitrogens is 3. The van der Waals surface area contributed by atoms with Gasteiger partial charge in [0.2, 0.25) is 6.33 Å². The number of phenols is 1. The second kappa shape index (κ2) is 6.23. The summed E-state index contributed by atoms with van der Waals surface area (Å²) in [5.41, 5.74) is 2.83. The van der Waals surface area contributed by atoms with E-state index in [1.165, 1.54) is 18.3 Å². The summed E-state index contributed by atoms with van der Waals surface area (Å²) in [6.07, 6.45) is 2.43. The van der Waals surface area contributed by atoms with Crippen molar-refractivity contribution in [3.8, 4) is 5.75 Å². The van der Waals surface area contributed by atoms with Crippen molar-refractivity contribution in [2.45, 2.75) is 6.54 Å². The lowest BCUT2D eigenvalue weighted by molar-refractivity contribution is -0.394. The minimum Gasteiger partial charge on any atom is -0.508 e. The van der Waals surface area contributed by atoms with Crippen molar-refractivity contribution < 1.29 is 14.8 Å². The Labute approximate surface area is 117 Å². The maximum atomic E-state index is 11.5. The van der Waals surface area contributed by atoms with E-state index in [0.29, 0.717) is 5.56 Å². The van der Waals surface area contributed by atoms with E-state index in [2.05, 4.69) is 20.6 Å². The van der Waals surface area contributed by atoms with Crippen molar-refractivity contribution in [1.29, 1.82) is 0 Å². The monoisotopic (exact) mass is 290 g/mol. The lowest BCUT2D eigenvalue weighted by Gasteiger charge is -1.97. The van der Waals surface area contributed by atoms with Gasteiger partial charge in [0.25, 0.3) is 5.91 Å².